The molecule has 2 rings (SSSR count). The van der Waals surface area contributed by atoms with Crippen molar-refractivity contribution in [2.75, 3.05) is 0 Å². The molecule has 0 amide bonds. The molecule has 88 valence electrons. The summed E-state index contributed by atoms with van der Waals surface area (Å²) in [4.78, 5) is 10.2. The van der Waals surface area contributed by atoms with Gasteiger partial charge in [-0.3, -0.25) is 10.1 Å². The SMILES string of the molecule is Cc1cc([N+](=O)[O-])c(Cl)cc1-n1cc(I)cn1. The number of nitrogens with zero attached hydrogens (tertiary/aromatic N) is 3. The molecule has 0 spiro atoms. The molecule has 2 aromatic rings. The molecule has 7 heteroatoms. The third-order valence-electron chi connectivity index (χ3n) is 2.26. The predicted octanol–water partition coefficient (Wildman–Crippen LogP) is 3.35. The van der Waals surface area contributed by atoms with Crippen molar-refractivity contribution in [3.05, 3.63) is 48.8 Å². The van der Waals surface area contributed by atoms with Gasteiger partial charge in [0.2, 0.25) is 0 Å². The first-order chi connectivity index (χ1) is 7.99. The highest BCUT2D eigenvalue weighted by Gasteiger charge is 2.16. The molecule has 0 saturated carbocycles. The van der Waals surface area contributed by atoms with Crippen molar-refractivity contribution in [2.24, 2.45) is 0 Å². The molecule has 0 fully saturated rings. The molecular weight excluding hydrogens is 356 g/mol. The minimum absolute atomic E-state index is 0.0882. The van der Waals surface area contributed by atoms with Crippen molar-refractivity contribution in [1.29, 1.82) is 0 Å². The molecule has 1 aromatic heterocycles. The number of nitro groups is 1. The molecule has 0 saturated heterocycles. The first kappa shape index (κ1) is 12.3. The summed E-state index contributed by atoms with van der Waals surface area (Å²) in [5.74, 6) is 0. The van der Waals surface area contributed by atoms with Crippen LogP contribution in [0.25, 0.3) is 5.69 Å². The third-order valence-corrected chi connectivity index (χ3v) is 3.12. The van der Waals surface area contributed by atoms with Crippen LogP contribution in [0.2, 0.25) is 5.02 Å². The van der Waals surface area contributed by atoms with Crippen LogP contribution in [0.15, 0.2) is 24.5 Å². The Hall–Kier alpha value is -1.15. The van der Waals surface area contributed by atoms with Crippen LogP contribution in [-0.4, -0.2) is 14.7 Å². The van der Waals surface area contributed by atoms with E-state index < -0.39 is 4.92 Å². The molecule has 1 heterocycles. The van der Waals surface area contributed by atoms with Gasteiger partial charge >= 0.3 is 0 Å². The van der Waals surface area contributed by atoms with E-state index >= 15 is 0 Å². The topological polar surface area (TPSA) is 61.0 Å². The van der Waals surface area contributed by atoms with E-state index in [0.29, 0.717) is 0 Å². The highest BCUT2D eigenvalue weighted by molar-refractivity contribution is 14.1. The molecule has 0 bridgehead atoms. The minimum Gasteiger partial charge on any atom is -0.258 e. The first-order valence-corrected chi connectivity index (χ1v) is 6.10. The van der Waals surface area contributed by atoms with E-state index in [9.17, 15) is 10.1 Å². The summed E-state index contributed by atoms with van der Waals surface area (Å²) in [6.45, 7) is 1.78. The summed E-state index contributed by atoms with van der Waals surface area (Å²) in [6.07, 6.45) is 3.53. The standard InChI is InChI=1S/C10H7ClIN3O2/c1-6-2-10(15(16)17)8(11)3-9(6)14-5-7(12)4-13-14/h2-5H,1H3. The largest absolute Gasteiger partial charge is 0.288 e. The van der Waals surface area contributed by atoms with Crippen molar-refractivity contribution < 1.29 is 4.92 Å². The van der Waals surface area contributed by atoms with Gasteiger partial charge in [-0.15, -0.1) is 0 Å². The summed E-state index contributed by atoms with van der Waals surface area (Å²) in [7, 11) is 0. The van der Waals surface area contributed by atoms with Crippen molar-refractivity contribution in [2.45, 2.75) is 6.92 Å². The van der Waals surface area contributed by atoms with Crippen LogP contribution in [0.3, 0.4) is 0 Å². The van der Waals surface area contributed by atoms with Crippen LogP contribution in [0.4, 0.5) is 5.69 Å². The summed E-state index contributed by atoms with van der Waals surface area (Å²) >= 11 is 8.01. The molecule has 0 aliphatic heterocycles. The van der Waals surface area contributed by atoms with Crippen molar-refractivity contribution in [1.82, 2.24) is 9.78 Å². The Morgan fingerprint density at radius 1 is 1.53 bits per heavy atom. The van der Waals surface area contributed by atoms with E-state index in [1.54, 1.807) is 23.9 Å². The number of hydrogen-bond donors (Lipinski definition) is 0. The van der Waals surface area contributed by atoms with E-state index in [1.807, 2.05) is 6.20 Å². The molecule has 5 nitrogen and oxygen atoms in total. The molecule has 0 unspecified atom stereocenters. The van der Waals surface area contributed by atoms with E-state index in [-0.39, 0.29) is 10.7 Å². The van der Waals surface area contributed by atoms with Crippen LogP contribution >= 0.6 is 34.2 Å². The zero-order valence-electron chi connectivity index (χ0n) is 8.72. The van der Waals surface area contributed by atoms with Crippen LogP contribution < -0.4 is 0 Å². The Morgan fingerprint density at radius 2 is 2.24 bits per heavy atom. The summed E-state index contributed by atoms with van der Waals surface area (Å²) in [6, 6.07) is 3.00. The first-order valence-electron chi connectivity index (χ1n) is 4.64. The number of rotatable bonds is 2. The van der Waals surface area contributed by atoms with E-state index in [1.165, 1.54) is 6.07 Å². The van der Waals surface area contributed by atoms with E-state index in [0.717, 1.165) is 14.8 Å². The van der Waals surface area contributed by atoms with Gasteiger partial charge in [-0.2, -0.15) is 5.10 Å². The van der Waals surface area contributed by atoms with Gasteiger partial charge in [-0.1, -0.05) is 11.6 Å². The maximum absolute atomic E-state index is 10.7. The summed E-state index contributed by atoms with van der Waals surface area (Å²) < 4.78 is 2.63. The number of benzene rings is 1. The fraction of sp³-hybridized carbons (Fsp3) is 0.100. The fourth-order valence-electron chi connectivity index (χ4n) is 1.48. The molecule has 0 N–H and O–H groups in total. The van der Waals surface area contributed by atoms with Gasteiger partial charge in [0.15, 0.2) is 0 Å². The van der Waals surface area contributed by atoms with Crippen molar-refractivity contribution >= 4 is 39.9 Å². The van der Waals surface area contributed by atoms with E-state index in [4.69, 9.17) is 11.6 Å². The quantitative estimate of drug-likeness (QED) is 0.467. The highest BCUT2D eigenvalue weighted by Crippen LogP contribution is 2.29. The number of nitro benzene ring substituents is 1. The lowest BCUT2D eigenvalue weighted by atomic mass is 10.2. The Bertz CT molecular complexity index is 597. The minimum atomic E-state index is -0.494. The average molecular weight is 364 g/mol. The van der Waals surface area contributed by atoms with Gasteiger partial charge < -0.3 is 0 Å². The molecule has 1 aromatic carbocycles. The third kappa shape index (κ3) is 2.42. The lowest BCUT2D eigenvalue weighted by Crippen LogP contribution is -1.99. The normalized spacial score (nSPS) is 10.5. The molecule has 0 atom stereocenters. The number of halogens is 2. The van der Waals surface area contributed by atoms with Crippen LogP contribution in [-0.2, 0) is 0 Å². The van der Waals surface area contributed by atoms with Gasteiger partial charge in [-0.05, 0) is 41.1 Å². The smallest absolute Gasteiger partial charge is 0.258 e. The molecule has 0 aliphatic rings. The van der Waals surface area contributed by atoms with Gasteiger partial charge in [0.1, 0.15) is 5.02 Å². The Labute approximate surface area is 116 Å². The highest BCUT2D eigenvalue weighted by atomic mass is 127. The number of aryl methyl sites for hydroxylation is 1. The fourth-order valence-corrected chi connectivity index (χ4v) is 2.09. The molecular formula is C10H7ClIN3O2. The second-order valence-electron chi connectivity index (χ2n) is 3.45. The average Bonchev–Trinajstić information content (AvgIpc) is 2.67. The Balaban J connectivity index is 2.57. The Morgan fingerprint density at radius 3 is 2.76 bits per heavy atom. The van der Waals surface area contributed by atoms with E-state index in [2.05, 4.69) is 27.7 Å². The zero-order chi connectivity index (χ0) is 12.6. The Kier molecular flexibility index (Phi) is 3.34. The lowest BCUT2D eigenvalue weighted by molar-refractivity contribution is -0.384. The predicted molar refractivity (Wildman–Crippen MR) is 72.7 cm³/mol. The van der Waals surface area contributed by atoms with Crippen LogP contribution in [0.1, 0.15) is 5.56 Å². The number of hydrogen-bond acceptors (Lipinski definition) is 3. The van der Waals surface area contributed by atoms with Crippen LogP contribution in [0, 0.1) is 20.6 Å². The van der Waals surface area contributed by atoms with Crippen molar-refractivity contribution in [3.63, 3.8) is 0 Å². The van der Waals surface area contributed by atoms with Gasteiger partial charge in [0.25, 0.3) is 5.69 Å². The lowest BCUT2D eigenvalue weighted by Gasteiger charge is -2.06. The zero-order valence-corrected chi connectivity index (χ0v) is 11.6. The maximum atomic E-state index is 10.7. The van der Waals surface area contributed by atoms with Crippen molar-refractivity contribution in [3.8, 4) is 5.69 Å². The molecule has 17 heavy (non-hydrogen) atoms. The molecule has 0 aliphatic carbocycles. The van der Waals surface area contributed by atoms with Gasteiger partial charge in [-0.25, -0.2) is 4.68 Å². The molecule has 0 radical (unpaired) electrons. The number of aromatic nitrogens is 2. The van der Waals surface area contributed by atoms with Gasteiger partial charge in [0.05, 0.1) is 20.4 Å². The van der Waals surface area contributed by atoms with Gasteiger partial charge in [0, 0.05) is 12.3 Å². The summed E-state index contributed by atoms with van der Waals surface area (Å²) in [5, 5.41) is 15.0. The second kappa shape index (κ2) is 4.61. The maximum Gasteiger partial charge on any atom is 0.288 e. The van der Waals surface area contributed by atoms with Crippen LogP contribution in [0.5, 0.6) is 0 Å². The second-order valence-corrected chi connectivity index (χ2v) is 5.10. The monoisotopic (exact) mass is 363 g/mol. The summed E-state index contributed by atoms with van der Waals surface area (Å²) in [5.41, 5.74) is 1.40.